The molecule has 26 nitrogen and oxygen atoms in total. The molecule has 12 aromatic rings. The lowest BCUT2D eigenvalue weighted by molar-refractivity contribution is -0.138. The molecule has 3 fully saturated rings. The molecule has 0 radical (unpaired) electrons. The fourth-order valence-electron chi connectivity index (χ4n) is 16.6. The minimum Gasteiger partial charge on any atom is -0.358 e. The van der Waals surface area contributed by atoms with Crippen LogP contribution in [0.25, 0.3) is 32.7 Å². The highest BCUT2D eigenvalue weighted by atomic mass is 35.5. The Morgan fingerprint density at radius 1 is 0.313 bits per heavy atom. The Kier molecular flexibility index (Phi) is 38.6. The number of hydroxylamine groups is 3. The lowest BCUT2D eigenvalue weighted by Gasteiger charge is -2.39. The maximum absolute atomic E-state index is 13.6. The van der Waals surface area contributed by atoms with Gasteiger partial charge < -0.3 is 21.7 Å². The van der Waals surface area contributed by atoms with Gasteiger partial charge in [-0.15, -0.1) is 0 Å². The van der Waals surface area contributed by atoms with E-state index >= 15 is 0 Å². The average Bonchev–Trinajstić information content (AvgIpc) is 0.799. The number of benzene rings is 9. The van der Waals surface area contributed by atoms with Crippen LogP contribution in [0.15, 0.2) is 218 Å². The first-order valence-corrected chi connectivity index (χ1v) is 47.6. The van der Waals surface area contributed by atoms with Crippen LogP contribution in [0.1, 0.15) is 124 Å². The van der Waals surface area contributed by atoms with Crippen molar-refractivity contribution >= 4 is 149 Å². The van der Waals surface area contributed by atoms with E-state index in [9.17, 15) is 19.2 Å². The first kappa shape index (κ1) is 103. The van der Waals surface area contributed by atoms with Gasteiger partial charge in [-0.25, -0.2) is 46.3 Å². The largest absolute Gasteiger partial charge is 0.358 e. The molecule has 134 heavy (non-hydrogen) atoms. The van der Waals surface area contributed by atoms with Crippen molar-refractivity contribution in [1.82, 2.24) is 81.1 Å². The SMILES string of the molecule is CONC(=O)C(NC(=O)C(Nc1nc(CN2CCN(C(c3ccc(Cl)cc3)c3ccc(Cl)cc3)CC2)nc2ccccc12)C(C)C)C(C)C.CONC(=O)[C@@H](N)C(C)C.CONC(=O)[C@@H](Nc1nc(CN2CCN(C(c3ccc(Cl)cc3)c3ccc(Cl)cc3)CC2)nc2ccccc12)C(C)C.Clc1ccc(C(c2ccc(Cl)cc2)N2CCN(Cc3nc(Cl)c4ccccc4n3)CC2)cc1. The number of nitrogens with two attached hydrogens (primary N) is 1. The van der Waals surface area contributed by atoms with E-state index in [2.05, 4.69) is 144 Å². The van der Waals surface area contributed by atoms with E-state index in [4.69, 9.17) is 122 Å². The Morgan fingerprint density at radius 3 is 0.851 bits per heavy atom. The van der Waals surface area contributed by atoms with E-state index < -0.39 is 30.1 Å². The van der Waals surface area contributed by atoms with Crippen molar-refractivity contribution in [3.8, 4) is 0 Å². The lowest BCUT2D eigenvalue weighted by Crippen LogP contribution is -2.54. The number of fused-ring (bicyclic) bond motifs is 3. The van der Waals surface area contributed by atoms with Gasteiger partial charge in [-0.1, -0.05) is 246 Å². The van der Waals surface area contributed by atoms with Crippen molar-refractivity contribution in [3.63, 3.8) is 0 Å². The number of hydrogen-bond acceptors (Lipinski definition) is 22. The predicted octanol–water partition coefficient (Wildman–Crippen LogP) is 18.2. The Balaban J connectivity index is 0.000000174. The quantitative estimate of drug-likeness (QED) is 0.0157. The molecule has 708 valence electrons. The van der Waals surface area contributed by atoms with Gasteiger partial charge in [0.25, 0.3) is 17.7 Å². The lowest BCUT2D eigenvalue weighted by atomic mass is 9.96. The van der Waals surface area contributed by atoms with E-state index in [1.807, 2.05) is 201 Å². The summed E-state index contributed by atoms with van der Waals surface area (Å²) >= 11 is 43.6. The third-order valence-corrected chi connectivity index (χ3v) is 25.6. The third-order valence-electron chi connectivity index (χ3n) is 23.8. The number of carbonyl (C=O) groups is 4. The Labute approximate surface area is 819 Å². The zero-order valence-electron chi connectivity index (χ0n) is 77.2. The van der Waals surface area contributed by atoms with Crippen molar-refractivity contribution in [3.05, 3.63) is 305 Å². The van der Waals surface area contributed by atoms with Gasteiger partial charge in [-0.05, 0) is 166 Å². The molecule has 4 amide bonds. The highest BCUT2D eigenvalue weighted by Crippen LogP contribution is 2.37. The molecule has 4 atom stereocenters. The average molecular weight is 1960 g/mol. The van der Waals surface area contributed by atoms with Crippen molar-refractivity contribution in [2.75, 3.05) is 111 Å². The molecule has 0 spiro atoms. The van der Waals surface area contributed by atoms with Gasteiger partial charge in [0, 0.05) is 125 Å². The number of halogens is 7. The van der Waals surface area contributed by atoms with Crippen LogP contribution in [0.5, 0.6) is 0 Å². The number of hydrogen-bond donors (Lipinski definition) is 7. The highest BCUT2D eigenvalue weighted by molar-refractivity contribution is 6.34. The maximum atomic E-state index is 13.6. The van der Waals surface area contributed by atoms with Crippen LogP contribution >= 0.6 is 81.2 Å². The second-order valence-electron chi connectivity index (χ2n) is 34.7. The molecule has 3 aliphatic rings. The van der Waals surface area contributed by atoms with Gasteiger partial charge >= 0.3 is 0 Å². The topological polar surface area (TPSA) is 291 Å². The van der Waals surface area contributed by atoms with Crippen molar-refractivity contribution < 1.29 is 33.7 Å². The summed E-state index contributed by atoms with van der Waals surface area (Å²) in [6.07, 6.45) is 0. The molecule has 3 aromatic heterocycles. The van der Waals surface area contributed by atoms with E-state index in [0.717, 1.165) is 137 Å². The van der Waals surface area contributed by atoms with Crippen LogP contribution in [-0.2, 0) is 53.3 Å². The monoisotopic (exact) mass is 1950 g/mol. The second-order valence-corrected chi connectivity index (χ2v) is 37.6. The van der Waals surface area contributed by atoms with Crippen molar-refractivity contribution in [2.45, 2.75) is 117 Å². The molecule has 15 rings (SSSR count). The molecule has 9 aromatic carbocycles. The van der Waals surface area contributed by atoms with E-state index in [1.54, 1.807) is 0 Å². The minimum absolute atomic E-state index is 0.0135. The molecular weight excluding hydrogens is 1840 g/mol. The zero-order chi connectivity index (χ0) is 95.6. The van der Waals surface area contributed by atoms with E-state index in [1.165, 1.54) is 54.7 Å². The number of carbonyl (C=O) groups excluding carboxylic acids is 4. The predicted molar refractivity (Wildman–Crippen MR) is 538 cm³/mol. The molecule has 0 saturated carbocycles. The standard InChI is InChI=1S/C37H45Cl2N7O3.C32H36Cl2N6O2.C26H23Cl3N4.C6H14N2O2/c1-23(2)32(36(47)43-33(24(3)4)37(48)44-49-5)42-35-29-8-6-7-9-30(29)40-31(41-35)22-45-18-20-46(21-19-45)34(25-10-14-27(38)15-11-25)26-12-16-28(39)17-13-26;1-21(2)29(32(41)38-42-3)37-31-26-6-4-5-7-27(26)35-28(36-31)20-39-16-18-40(19-17-39)30(22-8-12-24(33)13-9-22)23-10-14-25(34)15-11-23;27-20-9-5-18(6-10-20)25(19-7-11-21(28)12-8-19)33-15-13-32(14-16-33)17-24-30-23-4-2-1-3-22(23)26(29)31-24;1-4(2)5(7)6(9)8-10-3/h6-17,23-24,32-34H,18-22H2,1-5H3,(H,43,47)(H,44,48)(H,40,41,42);4-15,21,29-30H,16-20H2,1-3H3,(H,38,41)(H,35,36,37);1-12,25H,13-17H2;4-5H,7H2,1-3H3,(H,8,9)/t;29-;;5-/m.0.0/s1. The van der Waals surface area contributed by atoms with Crippen LogP contribution in [0, 0.1) is 23.7 Å². The van der Waals surface area contributed by atoms with Gasteiger partial charge in [0.15, 0.2) is 0 Å². The number of rotatable bonds is 31. The van der Waals surface area contributed by atoms with Crippen LogP contribution in [0.3, 0.4) is 0 Å². The van der Waals surface area contributed by atoms with Crippen molar-refractivity contribution in [2.24, 2.45) is 29.4 Å². The molecule has 33 heteroatoms. The Morgan fingerprint density at radius 2 is 0.567 bits per heavy atom. The third kappa shape index (κ3) is 28.6. The van der Waals surface area contributed by atoms with E-state index in [0.29, 0.717) is 58.1 Å². The first-order chi connectivity index (χ1) is 64.5. The van der Waals surface area contributed by atoms with Gasteiger partial charge in [0.05, 0.1) is 81.7 Å². The smallest absolute Gasteiger partial charge is 0.266 e. The number of anilines is 2. The van der Waals surface area contributed by atoms with Gasteiger partial charge in [0.1, 0.15) is 52.4 Å². The van der Waals surface area contributed by atoms with Gasteiger partial charge in [-0.2, -0.15) is 0 Å². The van der Waals surface area contributed by atoms with E-state index in [-0.39, 0.29) is 59.5 Å². The van der Waals surface area contributed by atoms with Crippen LogP contribution in [0.4, 0.5) is 11.6 Å². The number of nitrogens with zero attached hydrogens (tertiary/aromatic N) is 12. The highest BCUT2D eigenvalue weighted by Gasteiger charge is 2.35. The molecule has 0 aliphatic carbocycles. The zero-order valence-corrected chi connectivity index (χ0v) is 82.5. The summed E-state index contributed by atoms with van der Waals surface area (Å²) in [5.74, 6) is 2.05. The molecule has 2 unspecified atom stereocenters. The van der Waals surface area contributed by atoms with Crippen LogP contribution < -0.4 is 38.1 Å². The molecular formula is C101H118Cl7N19O7. The number of aromatic nitrogens is 6. The first-order valence-electron chi connectivity index (χ1n) is 44.9. The van der Waals surface area contributed by atoms with Gasteiger partial charge in [-0.3, -0.25) is 63.1 Å². The fraction of sp³-hybridized carbons (Fsp3) is 0.366. The molecule has 8 N–H and O–H groups in total. The fourth-order valence-corrected chi connectivity index (χ4v) is 17.6. The Hall–Kier alpha value is -9.89. The molecule has 6 heterocycles. The summed E-state index contributed by atoms with van der Waals surface area (Å²) in [5.41, 5.74) is 22.1. The summed E-state index contributed by atoms with van der Waals surface area (Å²) in [6.45, 7) is 27.8. The number of piperazine rings is 3. The second kappa shape index (κ2) is 50.3. The van der Waals surface area contributed by atoms with Crippen LogP contribution in [0.2, 0.25) is 35.3 Å². The summed E-state index contributed by atoms with van der Waals surface area (Å²) in [6, 6.07) is 70.0. The maximum Gasteiger partial charge on any atom is 0.266 e. The summed E-state index contributed by atoms with van der Waals surface area (Å²) in [4.78, 5) is 107. The summed E-state index contributed by atoms with van der Waals surface area (Å²) in [7, 11) is 4.18. The van der Waals surface area contributed by atoms with Crippen LogP contribution in [-0.4, -0.2) is 207 Å². The summed E-state index contributed by atoms with van der Waals surface area (Å²) in [5, 5.41) is 17.1. The van der Waals surface area contributed by atoms with Crippen molar-refractivity contribution in [1.29, 1.82) is 0 Å². The summed E-state index contributed by atoms with van der Waals surface area (Å²) < 4.78 is 0. The Bertz CT molecular complexity index is 5670. The molecule has 3 aliphatic heterocycles. The number of nitrogens with one attached hydrogen (secondary N) is 6. The molecule has 3 saturated heterocycles. The molecule has 0 bridgehead atoms. The minimum atomic E-state index is -0.758. The normalized spacial score (nSPS) is 15.2. The number of para-hydroxylation sites is 3. The number of amides is 4. The van der Waals surface area contributed by atoms with Gasteiger partial charge in [0.2, 0.25) is 5.91 Å².